The average Bonchev–Trinajstić information content (AvgIpc) is 2.77. The molecule has 1 rings (SSSR count). The number of alkyl carbamates (subject to hydrolysis) is 1. The highest BCUT2D eigenvalue weighted by atomic mass is 16.7. The number of carbonyl (C=O) groups excluding carboxylic acids is 4. The van der Waals surface area contributed by atoms with Gasteiger partial charge in [-0.25, -0.2) is 19.6 Å². The Labute approximate surface area is 184 Å². The number of amides is 4. The van der Waals surface area contributed by atoms with Gasteiger partial charge < -0.3 is 14.8 Å². The summed E-state index contributed by atoms with van der Waals surface area (Å²) in [7, 11) is 2.72. The van der Waals surface area contributed by atoms with Gasteiger partial charge in [0, 0.05) is 18.5 Å². The molecule has 0 aromatic heterocycles. The fraction of sp³-hybridized carbons (Fsp3) is 0.810. The number of hydroxylamine groups is 2. The maximum absolute atomic E-state index is 13.1. The van der Waals surface area contributed by atoms with Gasteiger partial charge in [-0.05, 0) is 68.2 Å². The van der Waals surface area contributed by atoms with Gasteiger partial charge >= 0.3 is 12.2 Å². The molecule has 1 aliphatic rings. The Morgan fingerprint density at radius 3 is 2.10 bits per heavy atom. The number of imide groups is 1. The van der Waals surface area contributed by atoms with E-state index >= 15 is 0 Å². The van der Waals surface area contributed by atoms with E-state index < -0.39 is 52.7 Å². The zero-order chi connectivity index (χ0) is 24.4. The molecule has 0 bridgehead atoms. The van der Waals surface area contributed by atoms with Gasteiger partial charge in [0.15, 0.2) is 0 Å². The summed E-state index contributed by atoms with van der Waals surface area (Å²) in [6.07, 6.45) is -1.24. The topological polar surface area (TPSA) is 114 Å². The average molecular weight is 444 g/mol. The van der Waals surface area contributed by atoms with Gasteiger partial charge in [-0.15, -0.1) is 0 Å². The van der Waals surface area contributed by atoms with E-state index in [4.69, 9.17) is 14.3 Å². The van der Waals surface area contributed by atoms with Crippen LogP contribution in [0, 0.1) is 5.92 Å². The molecule has 1 N–H and O–H groups in total. The monoisotopic (exact) mass is 443 g/mol. The molecule has 0 spiro atoms. The summed E-state index contributed by atoms with van der Waals surface area (Å²) in [4.78, 5) is 56.8. The lowest BCUT2D eigenvalue weighted by Gasteiger charge is -2.31. The van der Waals surface area contributed by atoms with Crippen LogP contribution < -0.4 is 5.32 Å². The molecule has 1 heterocycles. The fourth-order valence-corrected chi connectivity index (χ4v) is 3.36. The van der Waals surface area contributed by atoms with Crippen molar-refractivity contribution in [2.75, 3.05) is 14.2 Å². The van der Waals surface area contributed by atoms with Gasteiger partial charge in [0.05, 0.1) is 7.11 Å². The van der Waals surface area contributed by atoms with Crippen LogP contribution in [0.5, 0.6) is 0 Å². The molecule has 0 aromatic rings. The molecule has 1 saturated heterocycles. The number of hydrogen-bond acceptors (Lipinski definition) is 7. The Balaban J connectivity index is 3.08. The molecule has 178 valence electrons. The van der Waals surface area contributed by atoms with Crippen LogP contribution in [0.15, 0.2) is 0 Å². The molecule has 10 nitrogen and oxygen atoms in total. The molecule has 10 heteroatoms. The van der Waals surface area contributed by atoms with E-state index in [0.717, 1.165) is 9.96 Å². The SMILES string of the molecule is CON(C)C(=O)[C@H](C[C@@H]1CC(C)(C)N(C(=O)OC(C)(C)C)C1=O)NC(=O)OC(C)(C)C. The third kappa shape index (κ3) is 7.68. The number of nitrogens with zero attached hydrogens (tertiary/aromatic N) is 2. The Kier molecular flexibility index (Phi) is 8.10. The van der Waals surface area contributed by atoms with E-state index in [2.05, 4.69) is 5.32 Å². The zero-order valence-electron chi connectivity index (χ0n) is 20.3. The lowest BCUT2D eigenvalue weighted by Crippen LogP contribution is -2.50. The van der Waals surface area contributed by atoms with Crippen LogP contribution in [-0.4, -0.2) is 70.9 Å². The van der Waals surface area contributed by atoms with Gasteiger partial charge in [0.1, 0.15) is 17.2 Å². The summed E-state index contributed by atoms with van der Waals surface area (Å²) in [6.45, 7) is 13.8. The van der Waals surface area contributed by atoms with Crippen molar-refractivity contribution in [1.82, 2.24) is 15.3 Å². The first-order chi connectivity index (χ1) is 13.9. The van der Waals surface area contributed by atoms with E-state index in [0.29, 0.717) is 6.42 Å². The number of rotatable bonds is 5. The van der Waals surface area contributed by atoms with Crippen LogP contribution in [0.1, 0.15) is 68.2 Å². The van der Waals surface area contributed by atoms with Crippen molar-refractivity contribution in [3.63, 3.8) is 0 Å². The number of likely N-dealkylation sites (N-methyl/N-ethyl adjacent to an activating group) is 1. The van der Waals surface area contributed by atoms with Crippen molar-refractivity contribution >= 4 is 24.0 Å². The van der Waals surface area contributed by atoms with Crippen molar-refractivity contribution in [1.29, 1.82) is 0 Å². The Hall–Kier alpha value is -2.36. The molecular weight excluding hydrogens is 406 g/mol. The van der Waals surface area contributed by atoms with E-state index in [-0.39, 0.29) is 6.42 Å². The Morgan fingerprint density at radius 2 is 1.65 bits per heavy atom. The third-order valence-corrected chi connectivity index (χ3v) is 4.59. The normalized spacial score (nSPS) is 19.6. The molecule has 0 aliphatic carbocycles. The summed E-state index contributed by atoms with van der Waals surface area (Å²) in [5.74, 6) is -1.69. The second-order valence-electron chi connectivity index (χ2n) is 10.3. The van der Waals surface area contributed by atoms with Gasteiger partial charge in [-0.2, -0.15) is 0 Å². The molecule has 1 fully saturated rings. The molecule has 0 saturated carbocycles. The minimum absolute atomic E-state index is 0.0205. The maximum atomic E-state index is 13.1. The van der Waals surface area contributed by atoms with Crippen molar-refractivity contribution in [3.8, 4) is 0 Å². The minimum atomic E-state index is -1.08. The van der Waals surface area contributed by atoms with Crippen LogP contribution in [0.2, 0.25) is 0 Å². The molecule has 0 aromatic carbocycles. The summed E-state index contributed by atoms with van der Waals surface area (Å²) in [5.41, 5.74) is -2.33. The predicted molar refractivity (Wildman–Crippen MR) is 113 cm³/mol. The highest BCUT2D eigenvalue weighted by Gasteiger charge is 2.50. The molecule has 0 unspecified atom stereocenters. The largest absolute Gasteiger partial charge is 0.444 e. The first-order valence-corrected chi connectivity index (χ1v) is 10.3. The molecule has 2 atom stereocenters. The van der Waals surface area contributed by atoms with E-state index in [1.807, 2.05) is 0 Å². The number of carbonyl (C=O) groups is 4. The lowest BCUT2D eigenvalue weighted by molar-refractivity contribution is -0.171. The van der Waals surface area contributed by atoms with Crippen LogP contribution in [0.25, 0.3) is 0 Å². The fourth-order valence-electron chi connectivity index (χ4n) is 3.36. The van der Waals surface area contributed by atoms with Crippen LogP contribution in [0.3, 0.4) is 0 Å². The van der Waals surface area contributed by atoms with Gasteiger partial charge in [0.25, 0.3) is 5.91 Å². The highest BCUT2D eigenvalue weighted by molar-refractivity contribution is 5.97. The van der Waals surface area contributed by atoms with E-state index in [1.165, 1.54) is 14.2 Å². The summed E-state index contributed by atoms with van der Waals surface area (Å²) in [6, 6.07) is -1.08. The second-order valence-corrected chi connectivity index (χ2v) is 10.3. The van der Waals surface area contributed by atoms with Crippen LogP contribution >= 0.6 is 0 Å². The molecule has 4 amide bonds. The maximum Gasteiger partial charge on any atom is 0.417 e. The highest BCUT2D eigenvalue weighted by Crippen LogP contribution is 2.37. The number of hydrogen-bond donors (Lipinski definition) is 1. The first kappa shape index (κ1) is 26.7. The van der Waals surface area contributed by atoms with Crippen LogP contribution in [0.4, 0.5) is 9.59 Å². The third-order valence-electron chi connectivity index (χ3n) is 4.59. The summed E-state index contributed by atoms with van der Waals surface area (Å²) >= 11 is 0. The van der Waals surface area contributed by atoms with Gasteiger partial charge in [-0.3, -0.25) is 14.4 Å². The standard InChI is InChI=1S/C21H37N3O7/c1-19(2,3)30-17(27)22-14(16(26)23(9)29-10)11-13-12-21(7,8)24(15(13)25)18(28)31-20(4,5)6/h13-14H,11-12H2,1-10H3,(H,22,27)/t13-,14+/m1/s1. The molecular formula is C21H37N3O7. The predicted octanol–water partition coefficient (Wildman–Crippen LogP) is 2.85. The van der Waals surface area contributed by atoms with E-state index in [1.54, 1.807) is 55.4 Å². The smallest absolute Gasteiger partial charge is 0.417 e. The quantitative estimate of drug-likeness (QED) is 0.650. The summed E-state index contributed by atoms with van der Waals surface area (Å²) in [5, 5.41) is 3.50. The summed E-state index contributed by atoms with van der Waals surface area (Å²) < 4.78 is 10.6. The number of likely N-dealkylation sites (tertiary alicyclic amines) is 1. The Bertz CT molecular complexity index is 707. The second kappa shape index (κ2) is 9.42. The van der Waals surface area contributed by atoms with Crippen LogP contribution in [-0.2, 0) is 23.9 Å². The van der Waals surface area contributed by atoms with Gasteiger partial charge in [0.2, 0.25) is 5.91 Å². The van der Waals surface area contributed by atoms with Crippen molar-refractivity contribution in [2.45, 2.75) is 91.0 Å². The molecule has 1 aliphatic heterocycles. The Morgan fingerprint density at radius 1 is 1.13 bits per heavy atom. The number of nitrogens with one attached hydrogen (secondary N) is 1. The minimum Gasteiger partial charge on any atom is -0.444 e. The van der Waals surface area contributed by atoms with Crippen molar-refractivity contribution in [2.24, 2.45) is 5.92 Å². The molecule has 31 heavy (non-hydrogen) atoms. The van der Waals surface area contributed by atoms with Gasteiger partial charge in [-0.1, -0.05) is 0 Å². The zero-order valence-corrected chi connectivity index (χ0v) is 20.3. The lowest BCUT2D eigenvalue weighted by atomic mass is 9.91. The van der Waals surface area contributed by atoms with Crippen molar-refractivity contribution < 1.29 is 33.5 Å². The molecule has 0 radical (unpaired) electrons. The van der Waals surface area contributed by atoms with E-state index in [9.17, 15) is 19.2 Å². The first-order valence-electron chi connectivity index (χ1n) is 10.3. The number of ether oxygens (including phenoxy) is 2. The van der Waals surface area contributed by atoms with Crippen molar-refractivity contribution in [3.05, 3.63) is 0 Å².